The summed E-state index contributed by atoms with van der Waals surface area (Å²) < 4.78 is 0. The van der Waals surface area contributed by atoms with E-state index in [-0.39, 0.29) is 23.8 Å². The average molecular weight is 264 g/mol. The summed E-state index contributed by atoms with van der Waals surface area (Å²) in [5.74, 6) is -0.366. The summed E-state index contributed by atoms with van der Waals surface area (Å²) in [7, 11) is 0. The van der Waals surface area contributed by atoms with Crippen molar-refractivity contribution in [3.63, 3.8) is 0 Å². The highest BCUT2D eigenvalue weighted by molar-refractivity contribution is 5.97. The number of aliphatic hydroxyl groups excluding tert-OH is 1. The van der Waals surface area contributed by atoms with Crippen LogP contribution in [0.2, 0.25) is 0 Å². The molecule has 0 aliphatic heterocycles. The van der Waals surface area contributed by atoms with Crippen molar-refractivity contribution in [2.24, 2.45) is 0 Å². The third kappa shape index (κ3) is 2.44. The lowest BCUT2D eigenvalue weighted by Crippen LogP contribution is -2.56. The number of rotatable bonds is 4. The van der Waals surface area contributed by atoms with Crippen LogP contribution in [0.25, 0.3) is 0 Å². The molecule has 0 spiro atoms. The summed E-state index contributed by atoms with van der Waals surface area (Å²) >= 11 is 0. The number of benzene rings is 1. The van der Waals surface area contributed by atoms with E-state index in [0.29, 0.717) is 5.56 Å². The van der Waals surface area contributed by atoms with Crippen LogP contribution in [0.15, 0.2) is 18.2 Å². The van der Waals surface area contributed by atoms with Crippen molar-refractivity contribution in [3.8, 4) is 0 Å². The number of nitro benzene ring substituents is 1. The Morgan fingerprint density at radius 2 is 2.21 bits per heavy atom. The number of carbonyl (C=O) groups is 1. The highest BCUT2D eigenvalue weighted by Crippen LogP contribution is 2.32. The van der Waals surface area contributed by atoms with E-state index in [1.165, 1.54) is 12.1 Å². The Kier molecular flexibility index (Phi) is 3.53. The van der Waals surface area contributed by atoms with E-state index in [1.807, 2.05) is 0 Å². The largest absolute Gasteiger partial charge is 0.394 e. The third-order valence-corrected chi connectivity index (χ3v) is 3.74. The summed E-state index contributed by atoms with van der Waals surface area (Å²) in [6.45, 7) is 1.45. The van der Waals surface area contributed by atoms with E-state index < -0.39 is 10.5 Å². The quantitative estimate of drug-likeness (QED) is 0.637. The normalized spacial score (nSPS) is 16.5. The van der Waals surface area contributed by atoms with Gasteiger partial charge in [-0.1, -0.05) is 6.07 Å². The van der Waals surface area contributed by atoms with Gasteiger partial charge in [-0.3, -0.25) is 14.9 Å². The number of nitrogens with zero attached hydrogens (tertiary/aromatic N) is 1. The van der Waals surface area contributed by atoms with Gasteiger partial charge in [0.1, 0.15) is 0 Å². The molecule has 0 heterocycles. The van der Waals surface area contributed by atoms with Crippen LogP contribution in [0.3, 0.4) is 0 Å². The lowest BCUT2D eigenvalue weighted by atomic mass is 9.77. The van der Waals surface area contributed by atoms with Gasteiger partial charge < -0.3 is 10.4 Å². The maximum absolute atomic E-state index is 12.2. The molecule has 19 heavy (non-hydrogen) atoms. The van der Waals surface area contributed by atoms with Gasteiger partial charge in [0.15, 0.2) is 0 Å². The van der Waals surface area contributed by atoms with E-state index >= 15 is 0 Å². The smallest absolute Gasteiger partial charge is 0.273 e. The SMILES string of the molecule is Cc1c(C(=O)NC2(CO)CCC2)cccc1[N+](=O)[O-]. The van der Waals surface area contributed by atoms with Gasteiger partial charge in [-0.2, -0.15) is 0 Å². The number of carbonyl (C=O) groups excluding carboxylic acids is 1. The summed E-state index contributed by atoms with van der Waals surface area (Å²) in [5.41, 5.74) is 0.0133. The van der Waals surface area contributed by atoms with Crippen molar-refractivity contribution in [3.05, 3.63) is 39.4 Å². The molecule has 1 saturated carbocycles. The molecule has 0 radical (unpaired) electrons. The second kappa shape index (κ2) is 4.97. The Morgan fingerprint density at radius 1 is 1.53 bits per heavy atom. The molecule has 6 nitrogen and oxygen atoms in total. The van der Waals surface area contributed by atoms with Crippen LogP contribution in [-0.2, 0) is 0 Å². The fourth-order valence-corrected chi connectivity index (χ4v) is 2.30. The number of amides is 1. The molecule has 0 saturated heterocycles. The van der Waals surface area contributed by atoms with Crippen LogP contribution >= 0.6 is 0 Å². The van der Waals surface area contributed by atoms with E-state index in [4.69, 9.17) is 0 Å². The minimum Gasteiger partial charge on any atom is -0.394 e. The van der Waals surface area contributed by atoms with E-state index in [9.17, 15) is 20.0 Å². The van der Waals surface area contributed by atoms with Crippen molar-refractivity contribution in [2.75, 3.05) is 6.61 Å². The monoisotopic (exact) mass is 264 g/mol. The van der Waals surface area contributed by atoms with Crippen molar-refractivity contribution in [1.29, 1.82) is 0 Å². The predicted octanol–water partition coefficient (Wildman–Crippen LogP) is 1.55. The molecular weight excluding hydrogens is 248 g/mol. The zero-order valence-electron chi connectivity index (χ0n) is 10.7. The summed E-state index contributed by atoms with van der Waals surface area (Å²) in [6, 6.07) is 4.42. The number of nitro groups is 1. The van der Waals surface area contributed by atoms with Crippen LogP contribution in [0, 0.1) is 17.0 Å². The first kappa shape index (κ1) is 13.5. The molecule has 1 aliphatic carbocycles. The van der Waals surface area contributed by atoms with Crippen molar-refractivity contribution < 1.29 is 14.8 Å². The van der Waals surface area contributed by atoms with Gasteiger partial charge in [-0.15, -0.1) is 0 Å². The standard InChI is InChI=1S/C13H16N2O4/c1-9-10(4-2-5-11(9)15(18)19)12(17)14-13(8-16)6-3-7-13/h2,4-5,16H,3,6-8H2,1H3,(H,14,17). The first-order chi connectivity index (χ1) is 8.99. The van der Waals surface area contributed by atoms with Crippen LogP contribution in [0.1, 0.15) is 35.2 Å². The van der Waals surface area contributed by atoms with Crippen molar-refractivity contribution in [2.45, 2.75) is 31.7 Å². The average Bonchev–Trinajstić information content (AvgIpc) is 2.33. The zero-order valence-corrected chi connectivity index (χ0v) is 10.7. The van der Waals surface area contributed by atoms with Gasteiger partial charge in [-0.25, -0.2) is 0 Å². The van der Waals surface area contributed by atoms with Crippen LogP contribution in [0.4, 0.5) is 5.69 Å². The second-order valence-electron chi connectivity index (χ2n) is 4.95. The molecule has 0 aromatic heterocycles. The number of hydrogen-bond donors (Lipinski definition) is 2. The van der Waals surface area contributed by atoms with Crippen molar-refractivity contribution in [1.82, 2.24) is 5.32 Å². The van der Waals surface area contributed by atoms with Crippen LogP contribution in [-0.4, -0.2) is 28.1 Å². The van der Waals surface area contributed by atoms with E-state index in [0.717, 1.165) is 19.3 Å². The molecule has 1 aromatic rings. The van der Waals surface area contributed by atoms with Crippen molar-refractivity contribution >= 4 is 11.6 Å². The van der Waals surface area contributed by atoms with Gasteiger partial charge in [0.05, 0.1) is 17.1 Å². The van der Waals surface area contributed by atoms with Gasteiger partial charge in [0, 0.05) is 17.2 Å². The number of nitrogens with one attached hydrogen (secondary N) is 1. The zero-order chi connectivity index (χ0) is 14.0. The number of aliphatic hydroxyl groups is 1. The van der Waals surface area contributed by atoms with Gasteiger partial charge in [-0.05, 0) is 32.3 Å². The van der Waals surface area contributed by atoms with Crippen LogP contribution in [0.5, 0.6) is 0 Å². The molecular formula is C13H16N2O4. The maximum atomic E-state index is 12.2. The second-order valence-corrected chi connectivity index (χ2v) is 4.95. The first-order valence-electron chi connectivity index (χ1n) is 6.16. The van der Waals surface area contributed by atoms with Crippen LogP contribution < -0.4 is 5.32 Å². The Balaban J connectivity index is 2.24. The Hall–Kier alpha value is -1.95. The molecule has 0 unspecified atom stereocenters. The first-order valence-corrected chi connectivity index (χ1v) is 6.16. The van der Waals surface area contributed by atoms with E-state index in [2.05, 4.69) is 5.32 Å². The minimum atomic E-state index is -0.547. The van der Waals surface area contributed by atoms with Gasteiger partial charge >= 0.3 is 0 Å². The third-order valence-electron chi connectivity index (χ3n) is 3.74. The molecule has 0 atom stereocenters. The lowest BCUT2D eigenvalue weighted by Gasteiger charge is -2.41. The van der Waals surface area contributed by atoms with Gasteiger partial charge in [0.25, 0.3) is 11.6 Å². The lowest BCUT2D eigenvalue weighted by molar-refractivity contribution is -0.385. The highest BCUT2D eigenvalue weighted by atomic mass is 16.6. The Labute approximate surface area is 110 Å². The number of hydrogen-bond acceptors (Lipinski definition) is 4. The predicted molar refractivity (Wildman–Crippen MR) is 69.0 cm³/mol. The minimum absolute atomic E-state index is 0.0701. The summed E-state index contributed by atoms with van der Waals surface area (Å²) in [5, 5.41) is 23.0. The maximum Gasteiger partial charge on any atom is 0.273 e. The Bertz CT molecular complexity index is 518. The highest BCUT2D eigenvalue weighted by Gasteiger charge is 2.38. The Morgan fingerprint density at radius 3 is 2.68 bits per heavy atom. The fourth-order valence-electron chi connectivity index (χ4n) is 2.30. The van der Waals surface area contributed by atoms with E-state index in [1.54, 1.807) is 13.0 Å². The summed E-state index contributed by atoms with van der Waals surface area (Å²) in [6.07, 6.45) is 2.45. The molecule has 0 bridgehead atoms. The molecule has 6 heteroatoms. The molecule has 102 valence electrons. The van der Waals surface area contributed by atoms with Gasteiger partial charge in [0.2, 0.25) is 0 Å². The molecule has 1 fully saturated rings. The molecule has 2 rings (SSSR count). The molecule has 2 N–H and O–H groups in total. The molecule has 1 aromatic carbocycles. The molecule has 1 amide bonds. The molecule has 1 aliphatic rings. The fraction of sp³-hybridized carbons (Fsp3) is 0.462. The topological polar surface area (TPSA) is 92.5 Å². The summed E-state index contributed by atoms with van der Waals surface area (Å²) in [4.78, 5) is 22.5.